The molecule has 2 N–H and O–H groups in total. The highest BCUT2D eigenvalue weighted by atomic mass is 127. The summed E-state index contributed by atoms with van der Waals surface area (Å²) < 4.78 is 0. The molecule has 1 rings (SSSR count). The Labute approximate surface area is 126 Å². The summed E-state index contributed by atoms with van der Waals surface area (Å²) in [5.41, 5.74) is 6.07. The van der Waals surface area contributed by atoms with Crippen LogP contribution in [0, 0.1) is 0 Å². The Hall–Kier alpha value is 0.310. The number of guanidine groups is 1. The molecule has 1 heterocycles. The molecule has 4 nitrogen and oxygen atoms in total. The standard InChI is InChI=1S/C11H24N4S.HI/c1-11(2,14(3)4)9-13-10(12)15-5-7-16-8-6-15;/h5-9H2,1-4H3,(H2,12,13);1H. The Morgan fingerprint density at radius 2 is 1.88 bits per heavy atom. The van der Waals surface area contributed by atoms with Gasteiger partial charge in [0.05, 0.1) is 6.54 Å². The van der Waals surface area contributed by atoms with Gasteiger partial charge < -0.3 is 15.5 Å². The molecule has 0 aromatic rings. The fraction of sp³-hybridized carbons (Fsp3) is 0.909. The first-order valence-corrected chi connectivity index (χ1v) is 6.89. The lowest BCUT2D eigenvalue weighted by Gasteiger charge is -2.32. The SMILES string of the molecule is CN(C)C(C)(C)CN=C(N)N1CCSCC1.I. The summed E-state index contributed by atoms with van der Waals surface area (Å²) in [6, 6.07) is 0. The average Bonchev–Trinajstić information content (AvgIpc) is 2.27. The normalized spacial score (nSPS) is 18.2. The van der Waals surface area contributed by atoms with E-state index in [2.05, 4.69) is 42.7 Å². The molecule has 6 heteroatoms. The molecule has 0 amide bonds. The first-order chi connectivity index (χ1) is 7.43. The van der Waals surface area contributed by atoms with Crippen molar-refractivity contribution in [1.82, 2.24) is 9.80 Å². The third-order valence-electron chi connectivity index (χ3n) is 3.17. The monoisotopic (exact) mass is 372 g/mol. The van der Waals surface area contributed by atoms with Crippen LogP contribution in [-0.2, 0) is 0 Å². The molecule has 0 saturated carbocycles. The Bertz CT molecular complexity index is 250. The average molecular weight is 372 g/mol. The van der Waals surface area contributed by atoms with Crippen LogP contribution in [0.4, 0.5) is 0 Å². The number of rotatable bonds is 3. The molecule has 0 radical (unpaired) electrons. The number of halogens is 1. The third-order valence-corrected chi connectivity index (χ3v) is 4.12. The van der Waals surface area contributed by atoms with E-state index in [0.717, 1.165) is 31.1 Å². The molecule has 0 spiro atoms. The van der Waals surface area contributed by atoms with Crippen molar-refractivity contribution < 1.29 is 0 Å². The molecule has 17 heavy (non-hydrogen) atoms. The molecule has 1 aliphatic rings. The van der Waals surface area contributed by atoms with Crippen LogP contribution in [0.3, 0.4) is 0 Å². The zero-order chi connectivity index (χ0) is 12.2. The minimum Gasteiger partial charge on any atom is -0.370 e. The van der Waals surface area contributed by atoms with Gasteiger partial charge in [0.15, 0.2) is 5.96 Å². The smallest absolute Gasteiger partial charge is 0.191 e. The van der Waals surface area contributed by atoms with Gasteiger partial charge in [0.2, 0.25) is 0 Å². The number of nitrogens with zero attached hydrogens (tertiary/aromatic N) is 3. The van der Waals surface area contributed by atoms with Gasteiger partial charge in [0, 0.05) is 30.1 Å². The Balaban J connectivity index is 0.00000256. The van der Waals surface area contributed by atoms with Crippen molar-refractivity contribution in [2.75, 3.05) is 45.2 Å². The largest absolute Gasteiger partial charge is 0.370 e. The lowest BCUT2D eigenvalue weighted by Crippen LogP contribution is -2.45. The molecule has 0 aromatic heterocycles. The van der Waals surface area contributed by atoms with Crippen LogP contribution in [0.15, 0.2) is 4.99 Å². The number of nitrogens with two attached hydrogens (primary N) is 1. The highest BCUT2D eigenvalue weighted by molar-refractivity contribution is 14.0. The summed E-state index contributed by atoms with van der Waals surface area (Å²) in [5, 5.41) is 0. The fourth-order valence-electron chi connectivity index (χ4n) is 1.31. The lowest BCUT2D eigenvalue weighted by molar-refractivity contribution is 0.204. The van der Waals surface area contributed by atoms with E-state index in [-0.39, 0.29) is 29.5 Å². The van der Waals surface area contributed by atoms with Gasteiger partial charge in [0.1, 0.15) is 0 Å². The maximum absolute atomic E-state index is 6.00. The van der Waals surface area contributed by atoms with E-state index in [9.17, 15) is 0 Å². The maximum Gasteiger partial charge on any atom is 0.191 e. The Morgan fingerprint density at radius 3 is 2.35 bits per heavy atom. The van der Waals surface area contributed by atoms with Crippen LogP contribution in [0.1, 0.15) is 13.8 Å². The van der Waals surface area contributed by atoms with Crippen molar-refractivity contribution in [3.63, 3.8) is 0 Å². The van der Waals surface area contributed by atoms with Crippen LogP contribution in [0.25, 0.3) is 0 Å². The van der Waals surface area contributed by atoms with E-state index < -0.39 is 0 Å². The molecule has 0 aliphatic carbocycles. The van der Waals surface area contributed by atoms with Gasteiger partial charge in [-0.05, 0) is 27.9 Å². The molecule has 0 bridgehead atoms. The molecule has 0 aromatic carbocycles. The van der Waals surface area contributed by atoms with Crippen molar-refractivity contribution >= 4 is 41.7 Å². The van der Waals surface area contributed by atoms with Crippen molar-refractivity contribution in [1.29, 1.82) is 0 Å². The zero-order valence-electron chi connectivity index (χ0n) is 11.3. The molecular weight excluding hydrogens is 347 g/mol. The van der Waals surface area contributed by atoms with Gasteiger partial charge in [-0.1, -0.05) is 0 Å². The van der Waals surface area contributed by atoms with Gasteiger partial charge in [-0.3, -0.25) is 4.99 Å². The second-order valence-electron chi connectivity index (χ2n) is 4.98. The van der Waals surface area contributed by atoms with Crippen LogP contribution < -0.4 is 5.73 Å². The summed E-state index contributed by atoms with van der Waals surface area (Å²) in [6.45, 7) is 7.16. The van der Waals surface area contributed by atoms with Crippen LogP contribution >= 0.6 is 35.7 Å². The molecule has 0 unspecified atom stereocenters. The number of likely N-dealkylation sites (N-methyl/N-ethyl adjacent to an activating group) is 1. The minimum atomic E-state index is 0. The van der Waals surface area contributed by atoms with E-state index in [0.29, 0.717) is 5.96 Å². The van der Waals surface area contributed by atoms with Crippen molar-refractivity contribution in [3.05, 3.63) is 0 Å². The van der Waals surface area contributed by atoms with Crippen molar-refractivity contribution in [2.45, 2.75) is 19.4 Å². The van der Waals surface area contributed by atoms with Crippen LogP contribution in [0.5, 0.6) is 0 Å². The van der Waals surface area contributed by atoms with Crippen molar-refractivity contribution in [3.8, 4) is 0 Å². The molecule has 1 fully saturated rings. The molecule has 1 aliphatic heterocycles. The molecule has 0 atom stereocenters. The highest BCUT2D eigenvalue weighted by Crippen LogP contribution is 2.12. The molecule has 102 valence electrons. The first-order valence-electron chi connectivity index (χ1n) is 5.73. The van der Waals surface area contributed by atoms with Gasteiger partial charge >= 0.3 is 0 Å². The molecular formula is C11H25IN4S. The first kappa shape index (κ1) is 17.3. The third kappa shape index (κ3) is 5.65. The topological polar surface area (TPSA) is 44.9 Å². The second kappa shape index (κ2) is 7.68. The van der Waals surface area contributed by atoms with Crippen LogP contribution in [-0.4, -0.2) is 66.5 Å². The van der Waals surface area contributed by atoms with E-state index in [1.54, 1.807) is 0 Å². The van der Waals surface area contributed by atoms with Gasteiger partial charge in [-0.2, -0.15) is 11.8 Å². The van der Waals surface area contributed by atoms with E-state index in [1.165, 1.54) is 0 Å². The minimum absolute atomic E-state index is 0. The summed E-state index contributed by atoms with van der Waals surface area (Å²) in [7, 11) is 4.15. The maximum atomic E-state index is 6.00. The Morgan fingerprint density at radius 1 is 1.35 bits per heavy atom. The number of thioether (sulfide) groups is 1. The number of hydrogen-bond donors (Lipinski definition) is 1. The lowest BCUT2D eigenvalue weighted by atomic mass is 10.1. The van der Waals surface area contributed by atoms with Crippen LogP contribution in [0.2, 0.25) is 0 Å². The van der Waals surface area contributed by atoms with Crippen molar-refractivity contribution in [2.24, 2.45) is 10.7 Å². The quantitative estimate of drug-likeness (QED) is 0.461. The summed E-state index contributed by atoms with van der Waals surface area (Å²) in [6.07, 6.45) is 0. The predicted octanol–water partition coefficient (Wildman–Crippen LogP) is 1.31. The predicted molar refractivity (Wildman–Crippen MR) is 88.6 cm³/mol. The number of aliphatic imine (C=N–C) groups is 1. The molecule has 1 saturated heterocycles. The summed E-state index contributed by atoms with van der Waals surface area (Å²) >= 11 is 1.98. The Kier molecular flexibility index (Phi) is 7.82. The number of hydrogen-bond acceptors (Lipinski definition) is 3. The summed E-state index contributed by atoms with van der Waals surface area (Å²) in [4.78, 5) is 8.87. The van der Waals surface area contributed by atoms with E-state index in [4.69, 9.17) is 5.73 Å². The fourth-order valence-corrected chi connectivity index (χ4v) is 2.21. The second-order valence-corrected chi connectivity index (χ2v) is 6.21. The van der Waals surface area contributed by atoms with Gasteiger partial charge in [0.25, 0.3) is 0 Å². The van der Waals surface area contributed by atoms with E-state index >= 15 is 0 Å². The highest BCUT2D eigenvalue weighted by Gasteiger charge is 2.20. The zero-order valence-corrected chi connectivity index (χ0v) is 14.4. The summed E-state index contributed by atoms with van der Waals surface area (Å²) in [5.74, 6) is 3.02. The van der Waals surface area contributed by atoms with E-state index in [1.807, 2.05) is 11.8 Å². The van der Waals surface area contributed by atoms with Gasteiger partial charge in [-0.25, -0.2) is 0 Å². The van der Waals surface area contributed by atoms with Gasteiger partial charge in [-0.15, -0.1) is 24.0 Å².